The molecule has 1 N–H and O–H groups in total. The molecule has 2 rings (SSSR count). The molecular weight excluding hydrogens is 300 g/mol. The second kappa shape index (κ2) is 7.12. The summed E-state index contributed by atoms with van der Waals surface area (Å²) in [5, 5.41) is 25.6. The average molecular weight is 314 g/mol. The molecule has 0 amide bonds. The first kappa shape index (κ1) is 16.1. The van der Waals surface area contributed by atoms with Gasteiger partial charge in [0.05, 0.1) is 22.1 Å². The second-order valence-corrected chi connectivity index (χ2v) is 4.68. The lowest BCUT2D eigenvalue weighted by molar-refractivity contribution is -0.393. The number of anilines is 1. The Morgan fingerprint density at radius 1 is 1.09 bits per heavy atom. The van der Waals surface area contributed by atoms with Crippen molar-refractivity contribution in [1.29, 1.82) is 0 Å². The summed E-state index contributed by atoms with van der Waals surface area (Å²) in [5.41, 5.74) is 3.91. The molecule has 0 saturated carbocycles. The molecule has 0 fully saturated rings. The molecule has 0 bridgehead atoms. The van der Waals surface area contributed by atoms with Gasteiger partial charge in [-0.25, -0.2) is 0 Å². The molecule has 0 spiro atoms. The number of nitro groups is 2. The molecule has 0 radical (unpaired) electrons. The van der Waals surface area contributed by atoms with Crippen LogP contribution in [-0.2, 0) is 6.42 Å². The summed E-state index contributed by atoms with van der Waals surface area (Å²) in [6, 6.07) is 11.0. The molecule has 0 aliphatic heterocycles. The van der Waals surface area contributed by atoms with Crippen LogP contribution in [0.1, 0.15) is 18.1 Å². The predicted octanol–water partition coefficient (Wildman–Crippen LogP) is 3.51. The van der Waals surface area contributed by atoms with Crippen LogP contribution < -0.4 is 5.43 Å². The summed E-state index contributed by atoms with van der Waals surface area (Å²) >= 11 is 0. The lowest BCUT2D eigenvalue weighted by atomic mass is 10.1. The zero-order valence-corrected chi connectivity index (χ0v) is 12.3. The third kappa shape index (κ3) is 4.10. The molecule has 0 aliphatic rings. The summed E-state index contributed by atoms with van der Waals surface area (Å²) in [4.78, 5) is 20.3. The Bertz CT molecular complexity index is 757. The van der Waals surface area contributed by atoms with E-state index in [0.717, 1.165) is 18.1 Å². The highest BCUT2D eigenvalue weighted by atomic mass is 16.6. The van der Waals surface area contributed by atoms with E-state index in [1.54, 1.807) is 0 Å². The SMILES string of the molecule is CCc1ccc(C=NNc2ccc([N+](=O)[O-])cc2[N+](=O)[O-])cc1. The maximum atomic E-state index is 11.0. The maximum Gasteiger partial charge on any atom is 0.301 e. The normalized spacial score (nSPS) is 10.7. The molecule has 0 atom stereocenters. The molecule has 2 aromatic rings. The third-order valence-corrected chi connectivity index (χ3v) is 3.18. The monoisotopic (exact) mass is 314 g/mol. The number of hydrazone groups is 1. The lowest BCUT2D eigenvalue weighted by Gasteiger charge is -2.02. The van der Waals surface area contributed by atoms with Crippen LogP contribution in [0.25, 0.3) is 0 Å². The smallest absolute Gasteiger partial charge is 0.272 e. The fraction of sp³-hybridized carbons (Fsp3) is 0.133. The van der Waals surface area contributed by atoms with Crippen LogP contribution in [0.5, 0.6) is 0 Å². The first-order valence-corrected chi connectivity index (χ1v) is 6.82. The molecule has 0 saturated heterocycles. The first-order valence-electron chi connectivity index (χ1n) is 6.82. The van der Waals surface area contributed by atoms with Crippen molar-refractivity contribution in [3.8, 4) is 0 Å². The molecule has 2 aromatic carbocycles. The number of nitrogens with one attached hydrogen (secondary N) is 1. The van der Waals surface area contributed by atoms with Crippen molar-refractivity contribution in [2.45, 2.75) is 13.3 Å². The molecule has 0 heterocycles. The van der Waals surface area contributed by atoms with Gasteiger partial charge < -0.3 is 0 Å². The van der Waals surface area contributed by atoms with E-state index in [4.69, 9.17) is 0 Å². The Labute approximate surface area is 131 Å². The molecular formula is C15H14N4O4. The van der Waals surface area contributed by atoms with Crippen molar-refractivity contribution in [3.05, 3.63) is 73.8 Å². The minimum absolute atomic E-state index is 0.0852. The van der Waals surface area contributed by atoms with E-state index in [9.17, 15) is 20.2 Å². The summed E-state index contributed by atoms with van der Waals surface area (Å²) in [6.07, 6.45) is 2.45. The van der Waals surface area contributed by atoms with Crippen LogP contribution in [0.15, 0.2) is 47.6 Å². The minimum Gasteiger partial charge on any atom is -0.272 e. The summed E-state index contributed by atoms with van der Waals surface area (Å²) < 4.78 is 0. The molecule has 0 unspecified atom stereocenters. The number of hydrogen-bond donors (Lipinski definition) is 1. The van der Waals surface area contributed by atoms with Crippen LogP contribution in [0.2, 0.25) is 0 Å². The number of hydrogen-bond acceptors (Lipinski definition) is 6. The molecule has 23 heavy (non-hydrogen) atoms. The number of nitrogens with zero attached hydrogens (tertiary/aromatic N) is 3. The van der Waals surface area contributed by atoms with Crippen molar-refractivity contribution in [3.63, 3.8) is 0 Å². The van der Waals surface area contributed by atoms with E-state index < -0.39 is 15.5 Å². The van der Waals surface area contributed by atoms with E-state index in [-0.39, 0.29) is 11.4 Å². The van der Waals surface area contributed by atoms with Gasteiger partial charge in [-0.05, 0) is 23.6 Å². The number of aryl methyl sites for hydroxylation is 1. The van der Waals surface area contributed by atoms with Crippen LogP contribution >= 0.6 is 0 Å². The van der Waals surface area contributed by atoms with Gasteiger partial charge in [0, 0.05) is 6.07 Å². The molecule has 0 aliphatic carbocycles. The highest BCUT2D eigenvalue weighted by Crippen LogP contribution is 2.28. The van der Waals surface area contributed by atoms with Crippen molar-refractivity contribution in [2.75, 3.05) is 5.43 Å². The fourth-order valence-electron chi connectivity index (χ4n) is 1.89. The number of nitro benzene ring substituents is 2. The zero-order chi connectivity index (χ0) is 16.8. The maximum absolute atomic E-state index is 11.0. The van der Waals surface area contributed by atoms with E-state index in [1.807, 2.05) is 24.3 Å². The van der Waals surface area contributed by atoms with E-state index in [0.29, 0.717) is 0 Å². The summed E-state index contributed by atoms with van der Waals surface area (Å²) in [5.74, 6) is 0. The Balaban J connectivity index is 2.17. The Morgan fingerprint density at radius 3 is 2.35 bits per heavy atom. The van der Waals surface area contributed by atoms with Gasteiger partial charge in [-0.1, -0.05) is 31.2 Å². The number of rotatable bonds is 6. The third-order valence-electron chi connectivity index (χ3n) is 3.18. The van der Waals surface area contributed by atoms with Gasteiger partial charge in [-0.2, -0.15) is 5.10 Å². The van der Waals surface area contributed by atoms with E-state index in [1.165, 1.54) is 23.9 Å². The topological polar surface area (TPSA) is 111 Å². The van der Waals surface area contributed by atoms with Crippen molar-refractivity contribution in [2.24, 2.45) is 5.10 Å². The fourth-order valence-corrected chi connectivity index (χ4v) is 1.89. The first-order chi connectivity index (χ1) is 11.0. The summed E-state index contributed by atoms with van der Waals surface area (Å²) in [7, 11) is 0. The molecule has 0 aromatic heterocycles. The second-order valence-electron chi connectivity index (χ2n) is 4.68. The number of benzene rings is 2. The summed E-state index contributed by atoms with van der Waals surface area (Å²) in [6.45, 7) is 2.05. The van der Waals surface area contributed by atoms with Gasteiger partial charge in [0.25, 0.3) is 5.69 Å². The predicted molar refractivity (Wildman–Crippen MR) is 86.8 cm³/mol. The van der Waals surface area contributed by atoms with Gasteiger partial charge in [0.15, 0.2) is 0 Å². The standard InChI is InChI=1S/C15H14N4O4/c1-2-11-3-5-12(6-4-11)10-16-17-14-8-7-13(18(20)21)9-15(14)19(22)23/h3-10,17H,2H2,1H3. The van der Waals surface area contributed by atoms with Gasteiger partial charge in [-0.3, -0.25) is 25.7 Å². The number of non-ortho nitro benzene ring substituents is 1. The Hall–Kier alpha value is -3.29. The zero-order valence-electron chi connectivity index (χ0n) is 12.3. The van der Waals surface area contributed by atoms with Gasteiger partial charge in [0.1, 0.15) is 5.69 Å². The average Bonchev–Trinajstić information content (AvgIpc) is 2.55. The van der Waals surface area contributed by atoms with Gasteiger partial charge in [-0.15, -0.1) is 0 Å². The largest absolute Gasteiger partial charge is 0.301 e. The van der Waals surface area contributed by atoms with Crippen molar-refractivity contribution < 1.29 is 9.85 Å². The Kier molecular flexibility index (Phi) is 4.98. The van der Waals surface area contributed by atoms with Gasteiger partial charge in [0.2, 0.25) is 0 Å². The molecule has 118 valence electrons. The van der Waals surface area contributed by atoms with Crippen LogP contribution in [0, 0.1) is 20.2 Å². The van der Waals surface area contributed by atoms with E-state index >= 15 is 0 Å². The Morgan fingerprint density at radius 2 is 1.78 bits per heavy atom. The molecule has 8 heteroatoms. The van der Waals surface area contributed by atoms with Gasteiger partial charge >= 0.3 is 5.69 Å². The van der Waals surface area contributed by atoms with Crippen LogP contribution in [-0.4, -0.2) is 16.1 Å². The highest BCUT2D eigenvalue weighted by Gasteiger charge is 2.18. The molecule has 8 nitrogen and oxygen atoms in total. The van der Waals surface area contributed by atoms with E-state index in [2.05, 4.69) is 17.5 Å². The van der Waals surface area contributed by atoms with Crippen molar-refractivity contribution in [1.82, 2.24) is 0 Å². The van der Waals surface area contributed by atoms with Crippen LogP contribution in [0.3, 0.4) is 0 Å². The van der Waals surface area contributed by atoms with Crippen LogP contribution in [0.4, 0.5) is 17.1 Å². The minimum atomic E-state index is -0.694. The lowest BCUT2D eigenvalue weighted by Crippen LogP contribution is -1.98. The quantitative estimate of drug-likeness (QED) is 0.498. The highest BCUT2D eigenvalue weighted by molar-refractivity contribution is 5.80. The van der Waals surface area contributed by atoms with Crippen molar-refractivity contribution >= 4 is 23.3 Å².